The van der Waals surface area contributed by atoms with Crippen molar-refractivity contribution < 1.29 is 9.47 Å². The van der Waals surface area contributed by atoms with Gasteiger partial charge in [0.15, 0.2) is 5.96 Å². The third-order valence-corrected chi connectivity index (χ3v) is 3.14. The molecule has 6 heteroatoms. The Morgan fingerprint density at radius 1 is 1.14 bits per heavy atom. The second kappa shape index (κ2) is 11.7. The van der Waals surface area contributed by atoms with Crippen LogP contribution in [0.25, 0.3) is 0 Å². The molecule has 1 aliphatic rings. The predicted molar refractivity (Wildman–Crippen MR) is 99.6 cm³/mol. The quantitative estimate of drug-likeness (QED) is 0.264. The van der Waals surface area contributed by atoms with Gasteiger partial charge in [0, 0.05) is 19.2 Å². The van der Waals surface area contributed by atoms with E-state index in [4.69, 9.17) is 15.2 Å². The highest BCUT2D eigenvalue weighted by atomic mass is 127. The van der Waals surface area contributed by atoms with Crippen LogP contribution in [0.3, 0.4) is 0 Å². The summed E-state index contributed by atoms with van der Waals surface area (Å²) < 4.78 is 11.0. The first-order valence-electron chi connectivity index (χ1n) is 7.60. The molecule has 0 saturated heterocycles. The number of rotatable bonds is 10. The van der Waals surface area contributed by atoms with Crippen LogP contribution in [0.1, 0.15) is 24.8 Å². The van der Waals surface area contributed by atoms with Crippen molar-refractivity contribution in [3.05, 3.63) is 35.9 Å². The Hall–Kier alpha value is -0.860. The van der Waals surface area contributed by atoms with Crippen molar-refractivity contribution in [1.29, 1.82) is 0 Å². The number of ether oxygens (including phenoxy) is 2. The van der Waals surface area contributed by atoms with E-state index in [-0.39, 0.29) is 24.0 Å². The van der Waals surface area contributed by atoms with Crippen molar-refractivity contribution in [2.24, 2.45) is 10.7 Å². The molecule has 0 aromatic heterocycles. The highest BCUT2D eigenvalue weighted by Crippen LogP contribution is 2.17. The van der Waals surface area contributed by atoms with E-state index in [0.29, 0.717) is 45.0 Å². The number of nitrogens with two attached hydrogens (primary N) is 1. The minimum atomic E-state index is 0. The number of nitrogens with one attached hydrogen (secondary N) is 1. The lowest BCUT2D eigenvalue weighted by molar-refractivity contribution is 0.0403. The van der Waals surface area contributed by atoms with Gasteiger partial charge in [-0.3, -0.25) is 4.99 Å². The molecule has 22 heavy (non-hydrogen) atoms. The summed E-state index contributed by atoms with van der Waals surface area (Å²) in [5.74, 6) is 0.559. The standard InChI is InChI=1S/C16H25N3O2.HI/c17-16(19-15-7-8-15)18-9-4-10-20-11-12-21-13-14-5-2-1-3-6-14;/h1-3,5-6,15H,4,7-13H2,(H3,17,18,19);1H. The fraction of sp³-hybridized carbons (Fsp3) is 0.562. The van der Waals surface area contributed by atoms with Crippen molar-refractivity contribution in [3.63, 3.8) is 0 Å². The maximum atomic E-state index is 5.73. The molecule has 0 amide bonds. The lowest BCUT2D eigenvalue weighted by Gasteiger charge is -2.06. The monoisotopic (exact) mass is 419 g/mol. The van der Waals surface area contributed by atoms with Crippen LogP contribution in [0.5, 0.6) is 0 Å². The fourth-order valence-corrected chi connectivity index (χ4v) is 1.83. The molecule has 0 aliphatic heterocycles. The van der Waals surface area contributed by atoms with Gasteiger partial charge in [-0.1, -0.05) is 30.3 Å². The largest absolute Gasteiger partial charge is 0.379 e. The molecule has 0 radical (unpaired) electrons. The van der Waals surface area contributed by atoms with Gasteiger partial charge in [-0.25, -0.2) is 0 Å². The van der Waals surface area contributed by atoms with Gasteiger partial charge in [-0.2, -0.15) is 0 Å². The molecule has 1 aromatic rings. The maximum absolute atomic E-state index is 5.73. The van der Waals surface area contributed by atoms with E-state index in [1.165, 1.54) is 18.4 Å². The molecule has 5 nitrogen and oxygen atoms in total. The Morgan fingerprint density at radius 3 is 2.59 bits per heavy atom. The van der Waals surface area contributed by atoms with Crippen LogP contribution < -0.4 is 11.1 Å². The summed E-state index contributed by atoms with van der Waals surface area (Å²) in [6.07, 6.45) is 3.30. The van der Waals surface area contributed by atoms with Crippen LogP contribution in [0.15, 0.2) is 35.3 Å². The number of benzene rings is 1. The molecule has 2 rings (SSSR count). The summed E-state index contributed by atoms with van der Waals surface area (Å²) >= 11 is 0. The summed E-state index contributed by atoms with van der Waals surface area (Å²) in [5.41, 5.74) is 6.91. The second-order valence-electron chi connectivity index (χ2n) is 5.19. The van der Waals surface area contributed by atoms with Crippen molar-refractivity contribution in [2.75, 3.05) is 26.4 Å². The van der Waals surface area contributed by atoms with Crippen molar-refractivity contribution >= 4 is 29.9 Å². The SMILES string of the molecule is I.NC(=NCCCOCCOCc1ccccc1)NC1CC1. The van der Waals surface area contributed by atoms with Crippen molar-refractivity contribution in [3.8, 4) is 0 Å². The first kappa shape index (κ1) is 19.2. The third-order valence-electron chi connectivity index (χ3n) is 3.14. The molecule has 124 valence electrons. The Kier molecular flexibility index (Phi) is 10.2. The molecule has 0 unspecified atom stereocenters. The number of aliphatic imine (C=N–C) groups is 1. The number of nitrogens with zero attached hydrogens (tertiary/aromatic N) is 1. The Bertz CT molecular complexity index is 425. The molecular weight excluding hydrogens is 393 g/mol. The average Bonchev–Trinajstić information content (AvgIpc) is 3.30. The Balaban J connectivity index is 0.00000242. The van der Waals surface area contributed by atoms with Gasteiger partial charge < -0.3 is 20.5 Å². The van der Waals surface area contributed by atoms with Crippen molar-refractivity contribution in [2.45, 2.75) is 31.9 Å². The minimum absolute atomic E-state index is 0. The first-order valence-corrected chi connectivity index (χ1v) is 7.60. The van der Waals surface area contributed by atoms with Gasteiger partial charge >= 0.3 is 0 Å². The van der Waals surface area contributed by atoms with E-state index in [1.54, 1.807) is 0 Å². The molecule has 3 N–H and O–H groups in total. The van der Waals surface area contributed by atoms with E-state index in [0.717, 1.165) is 6.42 Å². The number of guanidine groups is 1. The van der Waals surface area contributed by atoms with Gasteiger partial charge in [0.1, 0.15) is 0 Å². The van der Waals surface area contributed by atoms with Crippen LogP contribution in [0.4, 0.5) is 0 Å². The van der Waals surface area contributed by atoms with Crippen LogP contribution in [0.2, 0.25) is 0 Å². The lowest BCUT2D eigenvalue weighted by atomic mass is 10.2. The smallest absolute Gasteiger partial charge is 0.188 e. The van der Waals surface area contributed by atoms with E-state index in [1.807, 2.05) is 18.2 Å². The number of hydrogen-bond acceptors (Lipinski definition) is 3. The average molecular weight is 419 g/mol. The molecule has 1 aliphatic carbocycles. The fourth-order valence-electron chi connectivity index (χ4n) is 1.83. The zero-order valence-corrected chi connectivity index (χ0v) is 15.2. The van der Waals surface area contributed by atoms with Gasteiger partial charge in [-0.15, -0.1) is 24.0 Å². The summed E-state index contributed by atoms with van der Waals surface area (Å²) in [6, 6.07) is 10.7. The molecule has 0 bridgehead atoms. The van der Waals surface area contributed by atoms with E-state index >= 15 is 0 Å². The summed E-state index contributed by atoms with van der Waals surface area (Å²) in [4.78, 5) is 4.25. The van der Waals surface area contributed by atoms with Gasteiger partial charge in [-0.05, 0) is 24.8 Å². The summed E-state index contributed by atoms with van der Waals surface area (Å²) in [6.45, 7) is 3.26. The number of halogens is 1. The van der Waals surface area contributed by atoms with Gasteiger partial charge in [0.05, 0.1) is 19.8 Å². The Morgan fingerprint density at radius 2 is 1.86 bits per heavy atom. The molecular formula is C16H26IN3O2. The maximum Gasteiger partial charge on any atom is 0.188 e. The van der Waals surface area contributed by atoms with Gasteiger partial charge in [0.25, 0.3) is 0 Å². The van der Waals surface area contributed by atoms with E-state index in [2.05, 4.69) is 22.4 Å². The normalized spacial score (nSPS) is 14.5. The molecule has 0 spiro atoms. The topological polar surface area (TPSA) is 68.9 Å². The predicted octanol–water partition coefficient (Wildman–Crippen LogP) is 2.29. The summed E-state index contributed by atoms with van der Waals surface area (Å²) in [7, 11) is 0. The van der Waals surface area contributed by atoms with Crippen LogP contribution in [0, 0.1) is 0 Å². The van der Waals surface area contributed by atoms with E-state index in [9.17, 15) is 0 Å². The molecule has 1 fully saturated rings. The molecule has 0 heterocycles. The highest BCUT2D eigenvalue weighted by Gasteiger charge is 2.21. The summed E-state index contributed by atoms with van der Waals surface area (Å²) in [5, 5.41) is 3.16. The van der Waals surface area contributed by atoms with Crippen molar-refractivity contribution in [1.82, 2.24) is 5.32 Å². The minimum Gasteiger partial charge on any atom is -0.379 e. The van der Waals surface area contributed by atoms with Gasteiger partial charge in [0.2, 0.25) is 0 Å². The lowest BCUT2D eigenvalue weighted by Crippen LogP contribution is -2.33. The van der Waals surface area contributed by atoms with Crippen LogP contribution >= 0.6 is 24.0 Å². The Labute approximate surface area is 149 Å². The molecule has 0 atom stereocenters. The zero-order valence-electron chi connectivity index (χ0n) is 12.9. The first-order chi connectivity index (χ1) is 10.3. The molecule has 1 saturated carbocycles. The van der Waals surface area contributed by atoms with Crippen LogP contribution in [-0.4, -0.2) is 38.4 Å². The molecule has 1 aromatic carbocycles. The highest BCUT2D eigenvalue weighted by molar-refractivity contribution is 14.0. The van der Waals surface area contributed by atoms with Crippen LogP contribution in [-0.2, 0) is 16.1 Å². The second-order valence-corrected chi connectivity index (χ2v) is 5.19. The van der Waals surface area contributed by atoms with E-state index < -0.39 is 0 Å². The zero-order chi connectivity index (χ0) is 14.8. The third kappa shape index (κ3) is 9.22. The number of hydrogen-bond donors (Lipinski definition) is 2.